The van der Waals surface area contributed by atoms with Crippen LogP contribution in [0.2, 0.25) is 0 Å². The van der Waals surface area contributed by atoms with Crippen LogP contribution >= 0.6 is 0 Å². The molecule has 2 nitrogen and oxygen atoms in total. The number of halogens is 1. The van der Waals surface area contributed by atoms with Gasteiger partial charge in [0.25, 0.3) is 0 Å². The number of hydrogen-bond donors (Lipinski definition) is 1. The minimum atomic E-state index is -0.795. The van der Waals surface area contributed by atoms with Crippen molar-refractivity contribution >= 4 is 6.21 Å². The number of nitrogens with zero attached hydrogens (tertiary/aromatic N) is 1. The fourth-order valence-corrected chi connectivity index (χ4v) is 1.39. The lowest BCUT2D eigenvalue weighted by molar-refractivity contribution is 0.181. The third-order valence-corrected chi connectivity index (χ3v) is 2.27. The van der Waals surface area contributed by atoms with Crippen LogP contribution in [0.1, 0.15) is 19.3 Å². The molecule has 0 aromatic rings. The van der Waals surface area contributed by atoms with Crippen molar-refractivity contribution in [3.63, 3.8) is 0 Å². The molecule has 1 heterocycles. The fraction of sp³-hybridized carbons (Fsp3) is 0.625. The van der Waals surface area contributed by atoms with E-state index in [1.54, 1.807) is 0 Å². The van der Waals surface area contributed by atoms with E-state index in [0.717, 1.165) is 0 Å². The summed E-state index contributed by atoms with van der Waals surface area (Å²) in [5.74, 6) is -0.323. The van der Waals surface area contributed by atoms with Gasteiger partial charge in [0.2, 0.25) is 0 Å². The van der Waals surface area contributed by atoms with E-state index >= 15 is 0 Å². The van der Waals surface area contributed by atoms with E-state index in [1.165, 1.54) is 6.21 Å². The molecule has 2 aliphatic rings. The SMILES string of the molecule is OC1(C2=C(F)C=NCC2)CC1. The largest absolute Gasteiger partial charge is 0.385 e. The first kappa shape index (κ1) is 6.98. The summed E-state index contributed by atoms with van der Waals surface area (Å²) in [5.41, 5.74) is -0.233. The van der Waals surface area contributed by atoms with Crippen LogP contribution in [0, 0.1) is 0 Å². The minimum absolute atomic E-state index is 0.323. The molecule has 1 N–H and O–H groups in total. The molecule has 11 heavy (non-hydrogen) atoms. The summed E-state index contributed by atoms with van der Waals surface area (Å²) >= 11 is 0. The second kappa shape index (κ2) is 2.14. The first-order valence-corrected chi connectivity index (χ1v) is 3.84. The molecule has 1 saturated carbocycles. The predicted molar refractivity (Wildman–Crippen MR) is 40.3 cm³/mol. The lowest BCUT2D eigenvalue weighted by atomic mass is 10.0. The van der Waals surface area contributed by atoms with E-state index in [1.807, 2.05) is 0 Å². The highest BCUT2D eigenvalue weighted by atomic mass is 19.1. The standard InChI is InChI=1S/C8H10FNO/c9-7-5-10-4-1-6(7)8(11)2-3-8/h5,11H,1-4H2. The minimum Gasteiger partial charge on any atom is -0.385 e. The molecule has 1 aliphatic carbocycles. The van der Waals surface area contributed by atoms with Crippen LogP contribution in [0.5, 0.6) is 0 Å². The molecule has 0 atom stereocenters. The van der Waals surface area contributed by atoms with Crippen molar-refractivity contribution in [1.29, 1.82) is 0 Å². The number of dihydropyridines is 1. The van der Waals surface area contributed by atoms with Crippen LogP contribution in [0.4, 0.5) is 4.39 Å². The molecule has 0 radical (unpaired) electrons. The molecule has 3 heteroatoms. The van der Waals surface area contributed by atoms with Gasteiger partial charge < -0.3 is 5.11 Å². The van der Waals surface area contributed by atoms with E-state index in [4.69, 9.17) is 0 Å². The number of allylic oxidation sites excluding steroid dienone is 1. The summed E-state index contributed by atoms with van der Waals surface area (Å²) in [6.45, 7) is 0.616. The van der Waals surface area contributed by atoms with E-state index in [0.29, 0.717) is 31.4 Å². The first-order valence-electron chi connectivity index (χ1n) is 3.84. The predicted octanol–water partition coefficient (Wildman–Crippen LogP) is 1.21. The summed E-state index contributed by atoms with van der Waals surface area (Å²) in [7, 11) is 0. The number of aliphatic hydroxyl groups is 1. The fourth-order valence-electron chi connectivity index (χ4n) is 1.39. The molecule has 1 aliphatic heterocycles. The molecular formula is C8H10FNO. The van der Waals surface area contributed by atoms with E-state index in [-0.39, 0.29) is 5.83 Å². The van der Waals surface area contributed by atoms with Gasteiger partial charge in [-0.05, 0) is 19.3 Å². The van der Waals surface area contributed by atoms with Gasteiger partial charge in [-0.15, -0.1) is 0 Å². The molecule has 0 saturated heterocycles. The van der Waals surface area contributed by atoms with Crippen molar-refractivity contribution in [2.45, 2.75) is 24.9 Å². The molecular weight excluding hydrogens is 145 g/mol. The lowest BCUT2D eigenvalue weighted by Gasteiger charge is -2.15. The van der Waals surface area contributed by atoms with Crippen molar-refractivity contribution in [2.24, 2.45) is 4.99 Å². The van der Waals surface area contributed by atoms with Crippen molar-refractivity contribution < 1.29 is 9.50 Å². The first-order chi connectivity index (χ1) is 5.22. The Balaban J connectivity index is 2.29. The molecule has 0 amide bonds. The number of aliphatic imine (C=N–C) groups is 1. The van der Waals surface area contributed by atoms with Crippen LogP contribution in [-0.4, -0.2) is 23.5 Å². The van der Waals surface area contributed by atoms with Crippen LogP contribution < -0.4 is 0 Å². The molecule has 0 unspecified atom stereocenters. The summed E-state index contributed by atoms with van der Waals surface area (Å²) in [6.07, 6.45) is 3.22. The van der Waals surface area contributed by atoms with Gasteiger partial charge in [-0.1, -0.05) is 0 Å². The van der Waals surface area contributed by atoms with E-state index in [2.05, 4.69) is 4.99 Å². The number of hydrogen-bond acceptors (Lipinski definition) is 2. The highest BCUT2D eigenvalue weighted by Gasteiger charge is 2.45. The average Bonchev–Trinajstić information content (AvgIpc) is 2.70. The van der Waals surface area contributed by atoms with Crippen molar-refractivity contribution in [1.82, 2.24) is 0 Å². The van der Waals surface area contributed by atoms with Gasteiger partial charge in [0.05, 0.1) is 11.8 Å². The maximum atomic E-state index is 13.0. The third kappa shape index (κ3) is 1.09. The second-order valence-electron chi connectivity index (χ2n) is 3.14. The van der Waals surface area contributed by atoms with Crippen molar-refractivity contribution in [2.75, 3.05) is 6.54 Å². The van der Waals surface area contributed by atoms with Crippen LogP contribution in [-0.2, 0) is 0 Å². The topological polar surface area (TPSA) is 32.6 Å². The molecule has 60 valence electrons. The molecule has 0 spiro atoms. The van der Waals surface area contributed by atoms with Gasteiger partial charge >= 0.3 is 0 Å². The monoisotopic (exact) mass is 155 g/mol. The maximum absolute atomic E-state index is 13.0. The maximum Gasteiger partial charge on any atom is 0.143 e. The summed E-state index contributed by atoms with van der Waals surface area (Å²) in [6, 6.07) is 0. The Labute approximate surface area is 64.4 Å². The molecule has 1 fully saturated rings. The molecule has 2 rings (SSSR count). The van der Waals surface area contributed by atoms with E-state index in [9.17, 15) is 9.50 Å². The Bertz CT molecular complexity index is 240. The normalized spacial score (nSPS) is 27.5. The zero-order chi connectivity index (χ0) is 7.90. The zero-order valence-corrected chi connectivity index (χ0v) is 6.18. The van der Waals surface area contributed by atoms with Crippen LogP contribution in [0.3, 0.4) is 0 Å². The zero-order valence-electron chi connectivity index (χ0n) is 6.18. The van der Waals surface area contributed by atoms with Gasteiger partial charge in [0, 0.05) is 12.1 Å². The highest BCUT2D eigenvalue weighted by molar-refractivity contribution is 5.78. The summed E-state index contributed by atoms with van der Waals surface area (Å²) in [4.78, 5) is 3.78. The van der Waals surface area contributed by atoms with Crippen molar-refractivity contribution in [3.8, 4) is 0 Å². The lowest BCUT2D eigenvalue weighted by Crippen LogP contribution is -2.16. The molecule has 0 bridgehead atoms. The Morgan fingerprint density at radius 3 is 2.82 bits per heavy atom. The van der Waals surface area contributed by atoms with Crippen molar-refractivity contribution in [3.05, 3.63) is 11.4 Å². The third-order valence-electron chi connectivity index (χ3n) is 2.27. The quantitative estimate of drug-likeness (QED) is 0.606. The summed E-state index contributed by atoms with van der Waals surface area (Å²) in [5, 5.41) is 9.56. The Hall–Kier alpha value is -0.700. The van der Waals surface area contributed by atoms with Crippen LogP contribution in [0.25, 0.3) is 0 Å². The Morgan fingerprint density at radius 1 is 1.55 bits per heavy atom. The number of rotatable bonds is 1. The smallest absolute Gasteiger partial charge is 0.143 e. The van der Waals surface area contributed by atoms with Gasteiger partial charge in [-0.25, -0.2) is 4.39 Å². The Morgan fingerprint density at radius 2 is 2.27 bits per heavy atom. The Kier molecular flexibility index (Phi) is 1.36. The van der Waals surface area contributed by atoms with Gasteiger partial charge in [0.1, 0.15) is 5.83 Å². The molecule has 0 aromatic heterocycles. The van der Waals surface area contributed by atoms with E-state index < -0.39 is 5.60 Å². The van der Waals surface area contributed by atoms with Gasteiger partial charge in [-0.2, -0.15) is 0 Å². The summed E-state index contributed by atoms with van der Waals surface area (Å²) < 4.78 is 13.0. The van der Waals surface area contributed by atoms with Gasteiger partial charge in [0.15, 0.2) is 0 Å². The second-order valence-corrected chi connectivity index (χ2v) is 3.14. The molecule has 0 aromatic carbocycles. The van der Waals surface area contributed by atoms with Crippen LogP contribution in [0.15, 0.2) is 16.4 Å². The van der Waals surface area contributed by atoms with Gasteiger partial charge in [-0.3, -0.25) is 4.99 Å². The highest BCUT2D eigenvalue weighted by Crippen LogP contribution is 2.45. The average molecular weight is 155 g/mol.